The minimum Gasteiger partial charge on any atom is -0.493 e. The molecule has 0 aliphatic rings. The number of rotatable bonds is 6. The highest BCUT2D eigenvalue weighted by Gasteiger charge is 2.09. The molecule has 0 atom stereocenters. The number of carbonyl (C=O) groups excluding carboxylic acids is 1. The van der Waals surface area contributed by atoms with Crippen molar-refractivity contribution < 1.29 is 23.4 Å². The number of methoxy groups -OCH3 is 2. The predicted molar refractivity (Wildman–Crippen MR) is 96.9 cm³/mol. The van der Waals surface area contributed by atoms with E-state index in [4.69, 9.17) is 18.6 Å². The van der Waals surface area contributed by atoms with Gasteiger partial charge in [0.1, 0.15) is 0 Å². The molecule has 0 amide bonds. The highest BCUT2D eigenvalue weighted by molar-refractivity contribution is 5.92. The summed E-state index contributed by atoms with van der Waals surface area (Å²) in [4.78, 5) is 16.4. The molecule has 0 N–H and O–H groups in total. The Morgan fingerprint density at radius 2 is 1.77 bits per heavy atom. The van der Waals surface area contributed by atoms with Crippen LogP contribution >= 0.6 is 0 Å². The average molecular weight is 351 g/mol. The number of aliphatic imine (C=N–C) groups is 1. The van der Waals surface area contributed by atoms with Crippen LogP contribution in [0.15, 0.2) is 70.3 Å². The van der Waals surface area contributed by atoms with Crippen molar-refractivity contribution in [1.82, 2.24) is 0 Å². The molecule has 1 heterocycles. The second-order valence-electron chi connectivity index (χ2n) is 5.24. The van der Waals surface area contributed by atoms with Gasteiger partial charge in [-0.2, -0.15) is 0 Å². The number of ether oxygens (including phenoxy) is 3. The Balaban J connectivity index is 1.69. The van der Waals surface area contributed by atoms with Crippen LogP contribution in [0.25, 0.3) is 0 Å². The number of esters is 1. The molecule has 0 saturated heterocycles. The van der Waals surface area contributed by atoms with Gasteiger partial charge in [0, 0.05) is 18.3 Å². The van der Waals surface area contributed by atoms with E-state index >= 15 is 0 Å². The van der Waals surface area contributed by atoms with Crippen LogP contribution in [-0.4, -0.2) is 26.4 Å². The maximum atomic E-state index is 12.0. The van der Waals surface area contributed by atoms with Crippen LogP contribution in [-0.2, 0) is 0 Å². The van der Waals surface area contributed by atoms with Gasteiger partial charge >= 0.3 is 5.97 Å². The van der Waals surface area contributed by atoms with Gasteiger partial charge in [-0.05, 0) is 35.9 Å². The average Bonchev–Trinajstić information content (AvgIpc) is 3.19. The molecule has 1 aromatic heterocycles. The molecule has 26 heavy (non-hydrogen) atoms. The van der Waals surface area contributed by atoms with Gasteiger partial charge in [-0.25, -0.2) is 4.79 Å². The molecule has 0 bridgehead atoms. The van der Waals surface area contributed by atoms with Crippen LogP contribution in [0, 0.1) is 0 Å². The third-order valence-corrected chi connectivity index (χ3v) is 3.56. The van der Waals surface area contributed by atoms with Crippen LogP contribution in [0.5, 0.6) is 17.4 Å². The molecule has 6 nitrogen and oxygen atoms in total. The van der Waals surface area contributed by atoms with E-state index in [1.165, 1.54) is 6.26 Å². The Hall–Kier alpha value is -3.54. The molecule has 0 aliphatic heterocycles. The number of furan rings is 1. The molecule has 0 fully saturated rings. The summed E-state index contributed by atoms with van der Waals surface area (Å²) in [6.45, 7) is 0. The summed E-state index contributed by atoms with van der Waals surface area (Å²) in [7, 11) is 3.16. The van der Waals surface area contributed by atoms with Crippen molar-refractivity contribution in [2.45, 2.75) is 0 Å². The monoisotopic (exact) mass is 351 g/mol. The minimum atomic E-state index is -0.483. The molecule has 3 aromatic rings. The van der Waals surface area contributed by atoms with E-state index in [1.54, 1.807) is 69.0 Å². The smallest absolute Gasteiger partial charge is 0.345 e. The van der Waals surface area contributed by atoms with E-state index in [-0.39, 0.29) is 5.95 Å². The van der Waals surface area contributed by atoms with Gasteiger partial charge in [0.25, 0.3) is 5.95 Å². The minimum absolute atomic E-state index is 0.161. The topological polar surface area (TPSA) is 70.3 Å². The summed E-state index contributed by atoms with van der Waals surface area (Å²) in [6.07, 6.45) is 3.14. The van der Waals surface area contributed by atoms with Crippen molar-refractivity contribution >= 4 is 17.9 Å². The predicted octanol–water partition coefficient (Wildman–Crippen LogP) is 4.27. The van der Waals surface area contributed by atoms with Gasteiger partial charge < -0.3 is 18.6 Å². The van der Waals surface area contributed by atoms with Crippen LogP contribution in [0.3, 0.4) is 0 Å². The van der Waals surface area contributed by atoms with Crippen molar-refractivity contribution in [1.29, 1.82) is 0 Å². The van der Waals surface area contributed by atoms with E-state index in [0.717, 1.165) is 11.3 Å². The molecular formula is C20H17NO5. The van der Waals surface area contributed by atoms with Crippen molar-refractivity contribution in [3.63, 3.8) is 0 Å². The largest absolute Gasteiger partial charge is 0.493 e. The van der Waals surface area contributed by atoms with Crippen molar-refractivity contribution in [3.8, 4) is 17.4 Å². The summed E-state index contributed by atoms with van der Waals surface area (Å²) < 4.78 is 20.5. The zero-order valence-corrected chi connectivity index (χ0v) is 14.3. The molecule has 2 aromatic carbocycles. The molecular weight excluding hydrogens is 334 g/mol. The first-order valence-corrected chi connectivity index (χ1v) is 7.81. The van der Waals surface area contributed by atoms with Gasteiger partial charge in [0.2, 0.25) is 0 Å². The number of carbonyl (C=O) groups is 1. The van der Waals surface area contributed by atoms with E-state index in [0.29, 0.717) is 17.1 Å². The Kier molecular flexibility index (Phi) is 5.34. The second kappa shape index (κ2) is 8.02. The molecule has 0 spiro atoms. The first-order valence-electron chi connectivity index (χ1n) is 7.81. The van der Waals surface area contributed by atoms with E-state index in [1.807, 2.05) is 6.07 Å². The number of hydrogen-bond acceptors (Lipinski definition) is 6. The molecule has 132 valence electrons. The highest BCUT2D eigenvalue weighted by Crippen LogP contribution is 2.30. The Labute approximate surface area is 150 Å². The number of hydrogen-bond donors (Lipinski definition) is 0. The van der Waals surface area contributed by atoms with Gasteiger partial charge in [0.05, 0.1) is 31.7 Å². The number of benzene rings is 2. The molecule has 3 rings (SSSR count). The fourth-order valence-electron chi connectivity index (χ4n) is 2.23. The van der Waals surface area contributed by atoms with Crippen LogP contribution < -0.4 is 14.2 Å². The summed E-state index contributed by atoms with van der Waals surface area (Å²) in [5.74, 6) is 0.932. The summed E-state index contributed by atoms with van der Waals surface area (Å²) in [5, 5.41) is 0. The fourth-order valence-corrected chi connectivity index (χ4v) is 2.23. The van der Waals surface area contributed by atoms with Crippen molar-refractivity contribution in [2.24, 2.45) is 4.99 Å². The van der Waals surface area contributed by atoms with Crippen molar-refractivity contribution in [2.75, 3.05) is 14.2 Å². The van der Waals surface area contributed by atoms with Crippen molar-refractivity contribution in [3.05, 3.63) is 72.0 Å². The Morgan fingerprint density at radius 1 is 1.00 bits per heavy atom. The maximum absolute atomic E-state index is 12.0. The molecule has 0 unspecified atom stereocenters. The SMILES string of the molecule is COc1ccc(N=Cc2ccc(C(=O)Oc3ccco3)cc2)cc1OC. The highest BCUT2D eigenvalue weighted by atomic mass is 16.6. The summed E-state index contributed by atoms with van der Waals surface area (Å²) >= 11 is 0. The lowest BCUT2D eigenvalue weighted by Gasteiger charge is -2.07. The quantitative estimate of drug-likeness (QED) is 0.490. The fraction of sp³-hybridized carbons (Fsp3) is 0.100. The molecule has 0 saturated carbocycles. The first-order chi connectivity index (χ1) is 12.7. The van der Waals surface area contributed by atoms with Gasteiger partial charge in [-0.3, -0.25) is 4.99 Å². The van der Waals surface area contributed by atoms with E-state index < -0.39 is 5.97 Å². The second-order valence-corrected chi connectivity index (χ2v) is 5.24. The van der Waals surface area contributed by atoms with Crippen LogP contribution in [0.1, 0.15) is 15.9 Å². The van der Waals surface area contributed by atoms with Gasteiger partial charge in [-0.1, -0.05) is 12.1 Å². The van der Waals surface area contributed by atoms with Gasteiger partial charge in [0.15, 0.2) is 11.5 Å². The third kappa shape index (κ3) is 4.10. The molecule has 0 radical (unpaired) electrons. The van der Waals surface area contributed by atoms with E-state index in [9.17, 15) is 4.79 Å². The molecule has 6 heteroatoms. The Bertz CT molecular complexity index is 898. The van der Waals surface area contributed by atoms with Crippen LogP contribution in [0.4, 0.5) is 5.69 Å². The molecule has 0 aliphatic carbocycles. The Morgan fingerprint density at radius 3 is 2.42 bits per heavy atom. The number of nitrogens with zero attached hydrogens (tertiary/aromatic N) is 1. The summed E-state index contributed by atoms with van der Waals surface area (Å²) in [5.41, 5.74) is 1.99. The zero-order valence-electron chi connectivity index (χ0n) is 14.3. The lowest BCUT2D eigenvalue weighted by atomic mass is 10.1. The lowest BCUT2D eigenvalue weighted by Crippen LogP contribution is -2.07. The standard InChI is InChI=1S/C20H17NO5/c1-23-17-10-9-16(12-18(17)24-2)21-13-14-5-7-15(8-6-14)20(22)26-19-4-3-11-25-19/h3-13H,1-2H3. The van der Waals surface area contributed by atoms with Crippen LogP contribution in [0.2, 0.25) is 0 Å². The summed E-state index contributed by atoms with van der Waals surface area (Å²) in [6, 6.07) is 15.5. The van der Waals surface area contributed by atoms with Gasteiger partial charge in [-0.15, -0.1) is 0 Å². The maximum Gasteiger partial charge on any atom is 0.345 e. The third-order valence-electron chi connectivity index (χ3n) is 3.56. The zero-order chi connectivity index (χ0) is 18.4. The first kappa shape index (κ1) is 17.3. The lowest BCUT2D eigenvalue weighted by molar-refractivity contribution is 0.0694. The van der Waals surface area contributed by atoms with E-state index in [2.05, 4.69) is 4.99 Å². The normalized spacial score (nSPS) is 10.7.